The van der Waals surface area contributed by atoms with E-state index in [1.54, 1.807) is 36.6 Å². The molecule has 4 heterocycles. The van der Waals surface area contributed by atoms with Gasteiger partial charge in [-0.25, -0.2) is 4.98 Å². The van der Waals surface area contributed by atoms with Crippen LogP contribution in [0.2, 0.25) is 0 Å². The molecule has 2 aliphatic heterocycles. The number of thiophene rings is 1. The third-order valence-electron chi connectivity index (χ3n) is 5.29. The fourth-order valence-corrected chi connectivity index (χ4v) is 4.85. The summed E-state index contributed by atoms with van der Waals surface area (Å²) in [5, 5.41) is 6.12. The zero-order valence-electron chi connectivity index (χ0n) is 15.9. The van der Waals surface area contributed by atoms with Gasteiger partial charge in [0.15, 0.2) is 6.10 Å². The van der Waals surface area contributed by atoms with E-state index in [0.29, 0.717) is 44.3 Å². The average molecular weight is 410 g/mol. The van der Waals surface area contributed by atoms with E-state index in [0.717, 1.165) is 18.7 Å². The SMILES string of the molecule is Cc1c(C(=O)Nc2ccc3c(c2)NC(=O)[C@@H](C)O3)sc2nc3n(c(=O)c12)CCC3. The molecule has 0 saturated carbocycles. The van der Waals surface area contributed by atoms with Crippen LogP contribution < -0.4 is 20.9 Å². The molecule has 2 amide bonds. The first-order valence-electron chi connectivity index (χ1n) is 9.38. The van der Waals surface area contributed by atoms with E-state index < -0.39 is 6.10 Å². The Kier molecular flexibility index (Phi) is 3.95. The second-order valence-electron chi connectivity index (χ2n) is 7.24. The zero-order valence-corrected chi connectivity index (χ0v) is 16.7. The number of anilines is 2. The lowest BCUT2D eigenvalue weighted by atomic mass is 10.2. The van der Waals surface area contributed by atoms with Crippen LogP contribution in [0.25, 0.3) is 10.2 Å². The van der Waals surface area contributed by atoms with Crippen molar-refractivity contribution in [3.05, 3.63) is 44.8 Å². The number of nitrogens with zero attached hydrogens (tertiary/aromatic N) is 2. The Labute approximate surface area is 169 Å². The molecule has 3 aromatic rings. The van der Waals surface area contributed by atoms with Gasteiger partial charge in [-0.1, -0.05) is 0 Å². The van der Waals surface area contributed by atoms with Crippen molar-refractivity contribution in [3.8, 4) is 5.75 Å². The molecular weight excluding hydrogens is 392 g/mol. The van der Waals surface area contributed by atoms with Gasteiger partial charge in [-0.05, 0) is 44.0 Å². The van der Waals surface area contributed by atoms with Crippen LogP contribution in [0.3, 0.4) is 0 Å². The number of amides is 2. The molecule has 5 rings (SSSR count). The quantitative estimate of drug-likeness (QED) is 0.676. The normalized spacial score (nSPS) is 17.4. The third kappa shape index (κ3) is 2.80. The second-order valence-corrected chi connectivity index (χ2v) is 8.24. The molecule has 29 heavy (non-hydrogen) atoms. The Morgan fingerprint density at radius 1 is 1.38 bits per heavy atom. The van der Waals surface area contributed by atoms with E-state index in [1.165, 1.54) is 11.3 Å². The number of carbonyl (C=O) groups is 2. The van der Waals surface area contributed by atoms with Gasteiger partial charge in [0.2, 0.25) is 0 Å². The Bertz CT molecular complexity index is 1260. The van der Waals surface area contributed by atoms with Crippen LogP contribution in [-0.2, 0) is 17.8 Å². The van der Waals surface area contributed by atoms with Crippen molar-refractivity contribution in [2.45, 2.75) is 39.3 Å². The number of hydrogen-bond acceptors (Lipinski definition) is 6. The Morgan fingerprint density at radius 2 is 2.21 bits per heavy atom. The molecule has 2 aromatic heterocycles. The highest BCUT2D eigenvalue weighted by molar-refractivity contribution is 7.20. The van der Waals surface area contributed by atoms with Crippen molar-refractivity contribution in [1.29, 1.82) is 0 Å². The van der Waals surface area contributed by atoms with E-state index in [4.69, 9.17) is 4.74 Å². The molecule has 8 nitrogen and oxygen atoms in total. The molecule has 1 atom stereocenters. The summed E-state index contributed by atoms with van der Waals surface area (Å²) < 4.78 is 7.24. The predicted octanol–water partition coefficient (Wildman–Crippen LogP) is 2.68. The van der Waals surface area contributed by atoms with E-state index in [-0.39, 0.29) is 17.4 Å². The van der Waals surface area contributed by atoms with E-state index in [9.17, 15) is 14.4 Å². The van der Waals surface area contributed by atoms with Gasteiger partial charge in [-0.15, -0.1) is 11.3 Å². The van der Waals surface area contributed by atoms with Crippen LogP contribution in [0.15, 0.2) is 23.0 Å². The number of carbonyl (C=O) groups excluding carboxylic acids is 2. The summed E-state index contributed by atoms with van der Waals surface area (Å²) in [7, 11) is 0. The van der Waals surface area contributed by atoms with Crippen molar-refractivity contribution in [1.82, 2.24) is 9.55 Å². The molecule has 1 aromatic carbocycles. The van der Waals surface area contributed by atoms with Crippen LogP contribution in [-0.4, -0.2) is 27.5 Å². The van der Waals surface area contributed by atoms with Gasteiger partial charge >= 0.3 is 0 Å². The summed E-state index contributed by atoms with van der Waals surface area (Å²) in [6.07, 6.45) is 1.14. The maximum absolute atomic E-state index is 12.9. The standard InChI is InChI=1S/C20H18N4O4S/c1-9-15-19(23-14-4-3-7-24(14)20(15)27)29-16(9)18(26)21-11-5-6-13-12(8-11)22-17(25)10(2)28-13/h5-6,8,10H,3-4,7H2,1-2H3,(H,21,26)(H,22,25)/t10-/m1/s1. The summed E-state index contributed by atoms with van der Waals surface area (Å²) in [6.45, 7) is 4.13. The fourth-order valence-electron chi connectivity index (χ4n) is 3.77. The monoisotopic (exact) mass is 410 g/mol. The molecule has 0 aliphatic carbocycles. The highest BCUT2D eigenvalue weighted by Crippen LogP contribution is 2.33. The molecule has 2 N–H and O–H groups in total. The van der Waals surface area contributed by atoms with Crippen LogP contribution >= 0.6 is 11.3 Å². The van der Waals surface area contributed by atoms with Gasteiger partial charge < -0.3 is 15.4 Å². The number of aryl methyl sites for hydroxylation is 2. The molecule has 0 bridgehead atoms. The molecule has 0 radical (unpaired) electrons. The number of rotatable bonds is 2. The first-order chi connectivity index (χ1) is 13.9. The van der Waals surface area contributed by atoms with E-state index in [2.05, 4.69) is 15.6 Å². The number of benzene rings is 1. The maximum atomic E-state index is 12.9. The minimum atomic E-state index is -0.558. The van der Waals surface area contributed by atoms with E-state index in [1.807, 2.05) is 0 Å². The van der Waals surface area contributed by atoms with Crippen molar-refractivity contribution in [2.24, 2.45) is 0 Å². The molecular formula is C20H18N4O4S. The summed E-state index contributed by atoms with van der Waals surface area (Å²) in [6, 6.07) is 5.07. The maximum Gasteiger partial charge on any atom is 0.266 e. The molecule has 0 spiro atoms. The molecule has 9 heteroatoms. The van der Waals surface area contributed by atoms with E-state index >= 15 is 0 Å². The minimum Gasteiger partial charge on any atom is -0.479 e. The lowest BCUT2D eigenvalue weighted by Crippen LogP contribution is -2.34. The topological polar surface area (TPSA) is 102 Å². The van der Waals surface area contributed by atoms with Crippen LogP contribution in [0, 0.1) is 6.92 Å². The number of fused-ring (bicyclic) bond motifs is 3. The largest absolute Gasteiger partial charge is 0.479 e. The van der Waals surface area contributed by atoms with Gasteiger partial charge in [0, 0.05) is 18.7 Å². The number of hydrogen-bond donors (Lipinski definition) is 2. The molecule has 0 saturated heterocycles. The van der Waals surface area contributed by atoms with Crippen molar-refractivity contribution < 1.29 is 14.3 Å². The third-order valence-corrected chi connectivity index (χ3v) is 6.47. The Hall–Kier alpha value is -3.20. The van der Waals surface area contributed by atoms with Crippen molar-refractivity contribution in [3.63, 3.8) is 0 Å². The molecule has 2 aliphatic rings. The lowest BCUT2D eigenvalue weighted by Gasteiger charge is -2.23. The number of nitrogens with one attached hydrogen (secondary N) is 2. The molecule has 0 fully saturated rings. The first-order valence-corrected chi connectivity index (χ1v) is 10.2. The smallest absolute Gasteiger partial charge is 0.266 e. The summed E-state index contributed by atoms with van der Waals surface area (Å²) in [4.78, 5) is 43.2. The minimum absolute atomic E-state index is 0.0712. The van der Waals surface area contributed by atoms with Crippen LogP contribution in [0.1, 0.15) is 34.4 Å². The highest BCUT2D eigenvalue weighted by Gasteiger charge is 2.25. The van der Waals surface area contributed by atoms with Gasteiger partial charge in [0.05, 0.1) is 16.0 Å². The first kappa shape index (κ1) is 17.9. The number of aromatic nitrogens is 2. The Morgan fingerprint density at radius 3 is 3.03 bits per heavy atom. The van der Waals surface area contributed by atoms with Crippen molar-refractivity contribution >= 4 is 44.7 Å². The van der Waals surface area contributed by atoms with Gasteiger partial charge in [-0.2, -0.15) is 0 Å². The Balaban J connectivity index is 1.48. The molecule has 148 valence electrons. The van der Waals surface area contributed by atoms with Crippen LogP contribution in [0.5, 0.6) is 5.75 Å². The second kappa shape index (κ2) is 6.41. The summed E-state index contributed by atoms with van der Waals surface area (Å²) in [5.41, 5.74) is 1.61. The average Bonchev–Trinajstić information content (AvgIpc) is 3.28. The summed E-state index contributed by atoms with van der Waals surface area (Å²) >= 11 is 1.23. The fraction of sp³-hybridized carbons (Fsp3) is 0.300. The summed E-state index contributed by atoms with van der Waals surface area (Å²) in [5.74, 6) is 0.794. The van der Waals surface area contributed by atoms with Crippen LogP contribution in [0.4, 0.5) is 11.4 Å². The predicted molar refractivity (Wildman–Crippen MR) is 110 cm³/mol. The van der Waals surface area contributed by atoms with Crippen molar-refractivity contribution in [2.75, 3.05) is 10.6 Å². The number of ether oxygens (including phenoxy) is 1. The molecule has 0 unspecified atom stereocenters. The van der Waals surface area contributed by atoms with Gasteiger partial charge in [-0.3, -0.25) is 19.0 Å². The van der Waals surface area contributed by atoms with Gasteiger partial charge in [0.25, 0.3) is 17.4 Å². The van der Waals surface area contributed by atoms with Gasteiger partial charge in [0.1, 0.15) is 16.4 Å². The zero-order chi connectivity index (χ0) is 20.3. The highest BCUT2D eigenvalue weighted by atomic mass is 32.1. The lowest BCUT2D eigenvalue weighted by molar-refractivity contribution is -0.122.